The highest BCUT2D eigenvalue weighted by atomic mass is 32.2. The van der Waals surface area contributed by atoms with E-state index in [1.165, 1.54) is 0 Å². The van der Waals surface area contributed by atoms with Crippen molar-refractivity contribution in [2.75, 3.05) is 16.8 Å². The van der Waals surface area contributed by atoms with Crippen LogP contribution in [0.2, 0.25) is 0 Å². The zero-order chi connectivity index (χ0) is 18.6. The molecule has 1 aliphatic rings. The number of nitrogens with one attached hydrogen (secondary N) is 1. The van der Waals surface area contributed by atoms with Crippen LogP contribution in [-0.4, -0.2) is 33.5 Å². The number of thioether (sulfide) groups is 1. The second-order valence-electron chi connectivity index (χ2n) is 6.25. The van der Waals surface area contributed by atoms with Crippen molar-refractivity contribution in [1.29, 1.82) is 0 Å². The summed E-state index contributed by atoms with van der Waals surface area (Å²) in [4.78, 5) is 21.6. The van der Waals surface area contributed by atoms with E-state index in [1.54, 1.807) is 29.7 Å². The first kappa shape index (κ1) is 18.0. The van der Waals surface area contributed by atoms with E-state index in [1.807, 2.05) is 48.3 Å². The number of ether oxygens (including phenoxy) is 1. The van der Waals surface area contributed by atoms with Crippen molar-refractivity contribution in [3.63, 3.8) is 0 Å². The summed E-state index contributed by atoms with van der Waals surface area (Å²) < 4.78 is 5.96. The number of aryl methyl sites for hydroxylation is 1. The van der Waals surface area contributed by atoms with E-state index in [0.29, 0.717) is 11.4 Å². The zero-order valence-corrected chi connectivity index (χ0v) is 16.5. The van der Waals surface area contributed by atoms with Gasteiger partial charge in [0, 0.05) is 28.6 Å². The minimum Gasteiger partial charge on any atom is -0.473 e. The van der Waals surface area contributed by atoms with Crippen LogP contribution in [0.5, 0.6) is 5.88 Å². The highest BCUT2D eigenvalue weighted by molar-refractivity contribution is 7.99. The van der Waals surface area contributed by atoms with Gasteiger partial charge in [0.1, 0.15) is 11.7 Å². The molecule has 3 heterocycles. The lowest BCUT2D eigenvalue weighted by molar-refractivity contribution is 0.101. The molecule has 0 bridgehead atoms. The maximum absolute atomic E-state index is 12.8. The molecule has 2 aromatic heterocycles. The monoisotopic (exact) mass is 397 g/mol. The van der Waals surface area contributed by atoms with Crippen LogP contribution >= 0.6 is 23.1 Å². The maximum Gasteiger partial charge on any atom is 0.261 e. The molecule has 1 amide bonds. The first-order chi connectivity index (χ1) is 13.2. The molecule has 1 aliphatic heterocycles. The van der Waals surface area contributed by atoms with Gasteiger partial charge in [-0.15, -0.1) is 11.3 Å². The van der Waals surface area contributed by atoms with Gasteiger partial charge >= 0.3 is 0 Å². The molecule has 27 heavy (non-hydrogen) atoms. The maximum atomic E-state index is 12.8. The van der Waals surface area contributed by atoms with E-state index in [2.05, 4.69) is 15.3 Å². The summed E-state index contributed by atoms with van der Waals surface area (Å²) in [5, 5.41) is 5.98. The molecule has 1 saturated heterocycles. The van der Waals surface area contributed by atoms with Crippen molar-refractivity contribution >= 4 is 34.7 Å². The summed E-state index contributed by atoms with van der Waals surface area (Å²) in [6.07, 6.45) is 2.75. The first-order valence-corrected chi connectivity index (χ1v) is 10.8. The third-order valence-electron chi connectivity index (χ3n) is 4.22. The number of aromatic nitrogens is 2. The summed E-state index contributed by atoms with van der Waals surface area (Å²) in [5.74, 6) is 2.19. The number of benzene rings is 1. The number of hydrogen-bond donors (Lipinski definition) is 1. The van der Waals surface area contributed by atoms with E-state index >= 15 is 0 Å². The zero-order valence-electron chi connectivity index (χ0n) is 14.8. The van der Waals surface area contributed by atoms with Crippen LogP contribution in [0, 0.1) is 6.92 Å². The molecule has 1 unspecified atom stereocenters. The second-order valence-corrected chi connectivity index (χ2v) is 8.46. The van der Waals surface area contributed by atoms with Gasteiger partial charge in [0.2, 0.25) is 5.88 Å². The van der Waals surface area contributed by atoms with Crippen molar-refractivity contribution in [2.45, 2.75) is 19.4 Å². The molecule has 138 valence electrons. The first-order valence-electron chi connectivity index (χ1n) is 8.72. The van der Waals surface area contributed by atoms with Gasteiger partial charge in [-0.25, -0.2) is 9.97 Å². The highest BCUT2D eigenvalue weighted by Crippen LogP contribution is 2.26. The van der Waals surface area contributed by atoms with E-state index in [9.17, 15) is 4.79 Å². The molecule has 3 aromatic rings. The van der Waals surface area contributed by atoms with E-state index in [-0.39, 0.29) is 12.0 Å². The minimum atomic E-state index is -0.227. The summed E-state index contributed by atoms with van der Waals surface area (Å²) in [6, 6.07) is 11.2. The Morgan fingerprint density at radius 3 is 3.00 bits per heavy atom. The minimum absolute atomic E-state index is 0.118. The van der Waals surface area contributed by atoms with Gasteiger partial charge in [-0.2, -0.15) is 11.8 Å². The lowest BCUT2D eigenvalue weighted by atomic mass is 10.1. The molecule has 0 aliphatic carbocycles. The predicted molar refractivity (Wildman–Crippen MR) is 111 cm³/mol. The Hall–Kier alpha value is -2.38. The second kappa shape index (κ2) is 8.10. The Morgan fingerprint density at radius 1 is 1.30 bits per heavy atom. The fourth-order valence-corrected chi connectivity index (χ4v) is 4.59. The molecule has 0 saturated carbocycles. The number of rotatable bonds is 5. The lowest BCUT2D eigenvalue weighted by Gasteiger charge is -2.14. The van der Waals surface area contributed by atoms with Crippen molar-refractivity contribution in [3.05, 3.63) is 58.5 Å². The molecule has 5 nitrogen and oxygen atoms in total. The van der Waals surface area contributed by atoms with Crippen molar-refractivity contribution in [1.82, 2.24) is 9.97 Å². The molecule has 0 spiro atoms. The fraction of sp³-hybridized carbons (Fsp3) is 0.250. The molecule has 1 N–H and O–H groups in total. The van der Waals surface area contributed by atoms with Crippen LogP contribution in [0.1, 0.15) is 21.8 Å². The van der Waals surface area contributed by atoms with Crippen LogP contribution < -0.4 is 10.1 Å². The van der Waals surface area contributed by atoms with E-state index < -0.39 is 0 Å². The van der Waals surface area contributed by atoms with Gasteiger partial charge in [-0.05, 0) is 43.4 Å². The number of pyridine rings is 1. The van der Waals surface area contributed by atoms with Crippen LogP contribution in [-0.2, 0) is 0 Å². The van der Waals surface area contributed by atoms with E-state index in [4.69, 9.17) is 4.74 Å². The number of anilines is 1. The molecule has 0 radical (unpaired) electrons. The normalized spacial score (nSPS) is 16.3. The third kappa shape index (κ3) is 4.31. The van der Waals surface area contributed by atoms with Crippen LogP contribution in [0.25, 0.3) is 11.3 Å². The number of carbonyl (C=O) groups is 1. The Labute approximate surface area is 166 Å². The van der Waals surface area contributed by atoms with E-state index in [0.717, 1.165) is 39.9 Å². The molecule has 1 fully saturated rings. The van der Waals surface area contributed by atoms with Crippen molar-refractivity contribution in [2.24, 2.45) is 0 Å². The van der Waals surface area contributed by atoms with Gasteiger partial charge < -0.3 is 10.1 Å². The van der Waals surface area contributed by atoms with Crippen LogP contribution in [0.4, 0.5) is 5.69 Å². The van der Waals surface area contributed by atoms with Gasteiger partial charge in [-0.3, -0.25) is 4.79 Å². The summed E-state index contributed by atoms with van der Waals surface area (Å²) in [7, 11) is 0. The Bertz CT molecular complexity index is 952. The summed E-state index contributed by atoms with van der Waals surface area (Å²) in [6.45, 7) is 1.98. The number of hydrogen-bond acceptors (Lipinski definition) is 6. The molecule has 1 atom stereocenters. The van der Waals surface area contributed by atoms with Crippen molar-refractivity contribution < 1.29 is 9.53 Å². The third-order valence-corrected chi connectivity index (χ3v) is 6.12. The van der Waals surface area contributed by atoms with Crippen LogP contribution in [0.3, 0.4) is 0 Å². The smallest absolute Gasteiger partial charge is 0.261 e. The number of carbonyl (C=O) groups excluding carboxylic acids is 1. The topological polar surface area (TPSA) is 64.1 Å². The summed E-state index contributed by atoms with van der Waals surface area (Å²) >= 11 is 3.47. The molecular formula is C20H19N3O2S2. The number of nitrogens with zero attached hydrogens (tertiary/aromatic N) is 2. The molecule has 1 aromatic carbocycles. The van der Waals surface area contributed by atoms with Gasteiger partial charge in [0.15, 0.2) is 0 Å². The lowest BCUT2D eigenvalue weighted by Crippen LogP contribution is -2.20. The number of amides is 1. The predicted octanol–water partition coefficient (Wildman–Crippen LogP) is 4.65. The highest BCUT2D eigenvalue weighted by Gasteiger charge is 2.21. The van der Waals surface area contributed by atoms with Gasteiger partial charge in [-0.1, -0.05) is 12.1 Å². The van der Waals surface area contributed by atoms with Crippen LogP contribution in [0.15, 0.2) is 48.0 Å². The average Bonchev–Trinajstić information content (AvgIpc) is 3.34. The SMILES string of the molecule is Cc1nc(-c2cccc(NC(=O)c3cccnc3OC3CCSC3)c2)cs1. The Balaban J connectivity index is 1.52. The molecule has 7 heteroatoms. The Kier molecular flexibility index (Phi) is 5.40. The standard InChI is InChI=1S/C20H19N3O2S2/c1-13-22-18(12-27-13)14-4-2-5-15(10-14)23-19(24)17-6-3-8-21-20(17)25-16-7-9-26-11-16/h2-6,8,10,12,16H,7,9,11H2,1H3,(H,23,24). The molecular weight excluding hydrogens is 378 g/mol. The summed E-state index contributed by atoms with van der Waals surface area (Å²) in [5.41, 5.74) is 3.05. The number of thiazole rings is 1. The quantitative estimate of drug-likeness (QED) is 0.679. The average molecular weight is 398 g/mol. The molecule has 4 rings (SSSR count). The van der Waals surface area contributed by atoms with Crippen molar-refractivity contribution in [3.8, 4) is 17.1 Å². The van der Waals surface area contributed by atoms with Gasteiger partial charge in [0.05, 0.1) is 10.7 Å². The largest absolute Gasteiger partial charge is 0.473 e. The fourth-order valence-electron chi connectivity index (χ4n) is 2.87. The van der Waals surface area contributed by atoms with Gasteiger partial charge in [0.25, 0.3) is 5.91 Å². The Morgan fingerprint density at radius 2 is 2.22 bits per heavy atom.